The van der Waals surface area contributed by atoms with E-state index in [1.807, 2.05) is 42.7 Å². The van der Waals surface area contributed by atoms with Crippen LogP contribution in [-0.2, 0) is 4.79 Å². The summed E-state index contributed by atoms with van der Waals surface area (Å²) in [4.78, 5) is 11.9. The fraction of sp³-hybridized carbons (Fsp3) is 0.267. The second-order valence-corrected chi connectivity index (χ2v) is 5.27. The lowest BCUT2D eigenvalue weighted by Crippen LogP contribution is -2.34. The quantitative estimate of drug-likeness (QED) is 0.673. The molecule has 2 rings (SSSR count). The molecule has 3 nitrogen and oxygen atoms in total. The van der Waals surface area contributed by atoms with Gasteiger partial charge in [-0.05, 0) is 29.9 Å². The van der Waals surface area contributed by atoms with Crippen LogP contribution in [0.15, 0.2) is 42.5 Å². The molecule has 0 saturated carbocycles. The highest BCUT2D eigenvalue weighted by molar-refractivity contribution is 7.98. The average molecular weight is 275 g/mol. The van der Waals surface area contributed by atoms with Gasteiger partial charge in [0.2, 0.25) is 0 Å². The lowest BCUT2D eigenvalue weighted by atomic mass is 10.1. The molecule has 0 radical (unpaired) electrons. The first-order valence-electron chi connectivity index (χ1n) is 6.16. The van der Waals surface area contributed by atoms with Gasteiger partial charge in [-0.2, -0.15) is 11.8 Å². The van der Waals surface area contributed by atoms with Crippen LogP contribution in [0.25, 0.3) is 10.8 Å². The first kappa shape index (κ1) is 13.9. The Morgan fingerprint density at radius 1 is 1.26 bits per heavy atom. The van der Waals surface area contributed by atoms with Crippen molar-refractivity contribution in [1.82, 2.24) is 0 Å². The van der Waals surface area contributed by atoms with Crippen LogP contribution < -0.4 is 10.5 Å². The fourth-order valence-electron chi connectivity index (χ4n) is 1.83. The summed E-state index contributed by atoms with van der Waals surface area (Å²) in [6.45, 7) is 0. The van der Waals surface area contributed by atoms with Crippen LogP contribution in [0.5, 0.6) is 5.75 Å². The zero-order valence-corrected chi connectivity index (χ0v) is 11.7. The summed E-state index contributed by atoms with van der Waals surface area (Å²) >= 11 is 1.67. The van der Waals surface area contributed by atoms with E-state index in [1.54, 1.807) is 17.8 Å². The molecule has 0 amide bonds. The number of rotatable bonds is 5. The van der Waals surface area contributed by atoms with E-state index < -0.39 is 6.04 Å². The topological polar surface area (TPSA) is 52.3 Å². The minimum Gasteiger partial charge on any atom is -0.425 e. The van der Waals surface area contributed by atoms with Crippen molar-refractivity contribution in [2.24, 2.45) is 5.73 Å². The number of ether oxygens (including phenoxy) is 1. The van der Waals surface area contributed by atoms with E-state index in [0.717, 1.165) is 16.5 Å². The Kier molecular flexibility index (Phi) is 4.82. The lowest BCUT2D eigenvalue weighted by molar-refractivity contribution is -0.135. The van der Waals surface area contributed by atoms with Crippen LogP contribution in [0.2, 0.25) is 0 Å². The highest BCUT2D eigenvalue weighted by Crippen LogP contribution is 2.25. The second kappa shape index (κ2) is 6.59. The summed E-state index contributed by atoms with van der Waals surface area (Å²) in [6, 6.07) is 12.9. The molecule has 0 unspecified atom stereocenters. The summed E-state index contributed by atoms with van der Waals surface area (Å²) in [7, 11) is 0. The van der Waals surface area contributed by atoms with Crippen molar-refractivity contribution in [3.63, 3.8) is 0 Å². The van der Waals surface area contributed by atoms with E-state index in [4.69, 9.17) is 10.5 Å². The molecule has 2 N–H and O–H groups in total. The Balaban J connectivity index is 2.15. The zero-order valence-electron chi connectivity index (χ0n) is 10.8. The van der Waals surface area contributed by atoms with Crippen molar-refractivity contribution in [1.29, 1.82) is 0 Å². The highest BCUT2D eigenvalue weighted by atomic mass is 32.2. The molecule has 0 spiro atoms. The largest absolute Gasteiger partial charge is 0.425 e. The molecule has 100 valence electrons. The molecular formula is C15H17NO2S. The molecule has 19 heavy (non-hydrogen) atoms. The van der Waals surface area contributed by atoms with E-state index in [9.17, 15) is 4.79 Å². The summed E-state index contributed by atoms with van der Waals surface area (Å²) in [5.74, 6) is 1.05. The predicted molar refractivity (Wildman–Crippen MR) is 80.6 cm³/mol. The van der Waals surface area contributed by atoms with Crippen molar-refractivity contribution in [3.8, 4) is 5.75 Å². The van der Waals surface area contributed by atoms with E-state index >= 15 is 0 Å². The number of esters is 1. The first-order chi connectivity index (χ1) is 9.22. The Morgan fingerprint density at radius 2 is 2.00 bits per heavy atom. The van der Waals surface area contributed by atoms with Gasteiger partial charge in [-0.25, -0.2) is 4.79 Å². The van der Waals surface area contributed by atoms with Crippen LogP contribution >= 0.6 is 11.8 Å². The average Bonchev–Trinajstić information content (AvgIpc) is 2.45. The van der Waals surface area contributed by atoms with Crippen LogP contribution in [0, 0.1) is 0 Å². The third-order valence-corrected chi connectivity index (χ3v) is 3.54. The maximum atomic E-state index is 11.9. The number of thioether (sulfide) groups is 1. The smallest absolute Gasteiger partial charge is 0.328 e. The molecular weight excluding hydrogens is 258 g/mol. The molecule has 0 bridgehead atoms. The third kappa shape index (κ3) is 3.49. The molecule has 0 heterocycles. The summed E-state index contributed by atoms with van der Waals surface area (Å²) in [6.07, 6.45) is 2.62. The van der Waals surface area contributed by atoms with Crippen molar-refractivity contribution in [2.75, 3.05) is 12.0 Å². The normalized spacial score (nSPS) is 12.3. The van der Waals surface area contributed by atoms with Gasteiger partial charge in [0.25, 0.3) is 0 Å². The Hall–Kier alpha value is -1.52. The van der Waals surface area contributed by atoms with Gasteiger partial charge < -0.3 is 10.5 Å². The highest BCUT2D eigenvalue weighted by Gasteiger charge is 2.16. The van der Waals surface area contributed by atoms with Gasteiger partial charge in [-0.1, -0.05) is 36.4 Å². The number of nitrogens with two attached hydrogens (primary N) is 1. The fourth-order valence-corrected chi connectivity index (χ4v) is 2.32. The summed E-state index contributed by atoms with van der Waals surface area (Å²) < 4.78 is 5.41. The number of hydrogen-bond acceptors (Lipinski definition) is 4. The minimum atomic E-state index is -0.564. The monoisotopic (exact) mass is 275 g/mol. The van der Waals surface area contributed by atoms with Crippen molar-refractivity contribution >= 4 is 28.5 Å². The maximum Gasteiger partial charge on any atom is 0.328 e. The van der Waals surface area contributed by atoms with Gasteiger partial charge in [-0.15, -0.1) is 0 Å². The van der Waals surface area contributed by atoms with Crippen molar-refractivity contribution < 1.29 is 9.53 Å². The number of carbonyl (C=O) groups is 1. The first-order valence-corrected chi connectivity index (χ1v) is 7.55. The summed E-state index contributed by atoms with van der Waals surface area (Å²) in [5.41, 5.74) is 5.81. The standard InChI is InChI=1S/C15H17NO2S/c1-19-10-9-13(16)15(17)18-14-8-4-6-11-5-2-3-7-12(11)14/h2-8,13H,9-10,16H2,1H3/t13-/m0/s1. The Bertz CT molecular complexity index is 566. The van der Waals surface area contributed by atoms with E-state index in [0.29, 0.717) is 12.2 Å². The molecule has 2 aromatic rings. The van der Waals surface area contributed by atoms with E-state index in [2.05, 4.69) is 0 Å². The molecule has 2 aromatic carbocycles. The SMILES string of the molecule is CSCC[C@H](N)C(=O)Oc1cccc2ccccc12. The molecule has 0 aromatic heterocycles. The van der Waals surface area contributed by atoms with Crippen molar-refractivity contribution in [3.05, 3.63) is 42.5 Å². The van der Waals surface area contributed by atoms with Gasteiger partial charge in [-0.3, -0.25) is 0 Å². The van der Waals surface area contributed by atoms with E-state index in [-0.39, 0.29) is 5.97 Å². The van der Waals surface area contributed by atoms with Crippen molar-refractivity contribution in [2.45, 2.75) is 12.5 Å². The molecule has 1 atom stereocenters. The number of carbonyl (C=O) groups excluding carboxylic acids is 1. The number of hydrogen-bond donors (Lipinski definition) is 1. The second-order valence-electron chi connectivity index (χ2n) is 4.29. The van der Waals surface area contributed by atoms with Gasteiger partial charge in [0.05, 0.1) is 0 Å². The van der Waals surface area contributed by atoms with Gasteiger partial charge in [0.1, 0.15) is 11.8 Å². The zero-order chi connectivity index (χ0) is 13.7. The molecule has 0 fully saturated rings. The van der Waals surface area contributed by atoms with Gasteiger partial charge in [0.15, 0.2) is 0 Å². The third-order valence-electron chi connectivity index (χ3n) is 2.90. The summed E-state index contributed by atoms with van der Waals surface area (Å²) in [5, 5.41) is 1.97. The van der Waals surface area contributed by atoms with E-state index in [1.165, 1.54) is 0 Å². The lowest BCUT2D eigenvalue weighted by Gasteiger charge is -2.12. The Morgan fingerprint density at radius 3 is 2.79 bits per heavy atom. The molecule has 0 saturated heterocycles. The van der Waals surface area contributed by atoms with Crippen LogP contribution in [0.1, 0.15) is 6.42 Å². The number of fused-ring (bicyclic) bond motifs is 1. The molecule has 0 aliphatic rings. The Labute approximate surface area is 117 Å². The number of benzene rings is 2. The van der Waals surface area contributed by atoms with Crippen LogP contribution in [0.3, 0.4) is 0 Å². The minimum absolute atomic E-state index is 0.370. The van der Waals surface area contributed by atoms with Gasteiger partial charge in [0, 0.05) is 5.39 Å². The molecule has 0 aliphatic heterocycles. The van der Waals surface area contributed by atoms with Crippen LogP contribution in [-0.4, -0.2) is 24.0 Å². The van der Waals surface area contributed by atoms with Gasteiger partial charge >= 0.3 is 5.97 Å². The maximum absolute atomic E-state index is 11.9. The van der Waals surface area contributed by atoms with Crippen LogP contribution in [0.4, 0.5) is 0 Å². The molecule has 0 aliphatic carbocycles. The molecule has 4 heteroatoms. The predicted octanol–water partition coefficient (Wildman–Crippen LogP) is 2.83.